The second-order valence-electron chi connectivity index (χ2n) is 5.79. The van der Waals surface area contributed by atoms with Crippen LogP contribution in [0.5, 0.6) is 0 Å². The molecule has 2 fully saturated rings. The maximum Gasteiger partial charge on any atom is 0.236 e. The minimum Gasteiger partial charge on any atom is -0.339 e. The molecule has 1 aliphatic carbocycles. The van der Waals surface area contributed by atoms with E-state index in [9.17, 15) is 4.79 Å². The number of benzene rings is 1. The number of hydrogen-bond acceptors (Lipinski definition) is 2. The van der Waals surface area contributed by atoms with Crippen molar-refractivity contribution in [3.8, 4) is 0 Å². The number of halogens is 2. The molecule has 1 atom stereocenters. The predicted octanol–water partition coefficient (Wildman–Crippen LogP) is 5.02. The third kappa shape index (κ3) is 3.52. The Morgan fingerprint density at radius 2 is 1.86 bits per heavy atom. The summed E-state index contributed by atoms with van der Waals surface area (Å²) in [5.74, 6) is 0.290. The van der Waals surface area contributed by atoms with E-state index in [1.54, 1.807) is 17.8 Å². The first kappa shape index (κ1) is 15.5. The largest absolute Gasteiger partial charge is 0.339 e. The van der Waals surface area contributed by atoms with Crippen LogP contribution in [0.15, 0.2) is 23.1 Å². The monoisotopic (exact) mass is 343 g/mol. The Balaban J connectivity index is 1.66. The summed E-state index contributed by atoms with van der Waals surface area (Å²) in [6.45, 7) is 0.895. The fraction of sp³-hybridized carbons (Fsp3) is 0.562. The van der Waals surface area contributed by atoms with Gasteiger partial charge in [0.15, 0.2) is 0 Å². The lowest BCUT2D eigenvalue weighted by Crippen LogP contribution is -2.39. The zero-order chi connectivity index (χ0) is 14.8. The summed E-state index contributed by atoms with van der Waals surface area (Å²) in [6.07, 6.45) is 7.09. The molecule has 0 spiro atoms. The molecule has 5 heteroatoms. The second kappa shape index (κ2) is 6.80. The van der Waals surface area contributed by atoms with E-state index in [-0.39, 0.29) is 11.2 Å². The van der Waals surface area contributed by atoms with E-state index in [0.717, 1.165) is 17.9 Å². The Bertz CT molecular complexity index is 531. The standard InChI is InChI=1S/C16H19Cl2NOS/c17-11-6-7-14(13(18)10-11)21-15-8-9-19(16(15)20)12-4-2-1-3-5-12/h6-7,10,12,15H,1-5,8-9H2. The maximum absolute atomic E-state index is 12.6. The molecule has 3 rings (SSSR count). The van der Waals surface area contributed by atoms with Crippen LogP contribution in [0.2, 0.25) is 10.0 Å². The molecule has 21 heavy (non-hydrogen) atoms. The lowest BCUT2D eigenvalue weighted by Gasteiger charge is -2.31. The van der Waals surface area contributed by atoms with Crippen LogP contribution in [0.4, 0.5) is 0 Å². The van der Waals surface area contributed by atoms with Crippen LogP contribution < -0.4 is 0 Å². The molecular formula is C16H19Cl2NOS. The van der Waals surface area contributed by atoms with Crippen LogP contribution in [0, 0.1) is 0 Å². The quantitative estimate of drug-likeness (QED) is 0.767. The van der Waals surface area contributed by atoms with Crippen molar-refractivity contribution in [2.75, 3.05) is 6.54 Å². The lowest BCUT2D eigenvalue weighted by molar-refractivity contribution is -0.129. The van der Waals surface area contributed by atoms with E-state index >= 15 is 0 Å². The molecule has 1 aromatic carbocycles. The van der Waals surface area contributed by atoms with Gasteiger partial charge in [-0.15, -0.1) is 11.8 Å². The summed E-state index contributed by atoms with van der Waals surface area (Å²) in [5, 5.41) is 1.27. The van der Waals surface area contributed by atoms with Gasteiger partial charge in [0.05, 0.1) is 10.3 Å². The number of hydrogen-bond donors (Lipinski definition) is 0. The summed E-state index contributed by atoms with van der Waals surface area (Å²) >= 11 is 13.7. The number of carbonyl (C=O) groups is 1. The van der Waals surface area contributed by atoms with Crippen molar-refractivity contribution in [2.24, 2.45) is 0 Å². The van der Waals surface area contributed by atoms with Crippen LogP contribution in [-0.4, -0.2) is 28.6 Å². The topological polar surface area (TPSA) is 20.3 Å². The molecule has 1 aliphatic heterocycles. The maximum atomic E-state index is 12.6. The summed E-state index contributed by atoms with van der Waals surface area (Å²) in [5.41, 5.74) is 0. The predicted molar refractivity (Wildman–Crippen MR) is 89.3 cm³/mol. The van der Waals surface area contributed by atoms with E-state index in [4.69, 9.17) is 23.2 Å². The van der Waals surface area contributed by atoms with Crippen molar-refractivity contribution < 1.29 is 4.79 Å². The summed E-state index contributed by atoms with van der Waals surface area (Å²) in [6, 6.07) is 5.95. The van der Waals surface area contributed by atoms with Crippen LogP contribution in [0.25, 0.3) is 0 Å². The van der Waals surface area contributed by atoms with Gasteiger partial charge in [-0.05, 0) is 37.5 Å². The Kier molecular flexibility index (Phi) is 5.03. The Morgan fingerprint density at radius 3 is 2.57 bits per heavy atom. The molecule has 0 aromatic heterocycles. The molecule has 1 heterocycles. The van der Waals surface area contributed by atoms with Gasteiger partial charge in [0.2, 0.25) is 5.91 Å². The van der Waals surface area contributed by atoms with E-state index in [1.165, 1.54) is 32.1 Å². The molecule has 1 aromatic rings. The van der Waals surface area contributed by atoms with Gasteiger partial charge in [-0.2, -0.15) is 0 Å². The molecule has 0 radical (unpaired) electrons. The highest BCUT2D eigenvalue weighted by Crippen LogP contribution is 2.38. The summed E-state index contributed by atoms with van der Waals surface area (Å²) < 4.78 is 0. The Labute approximate surface area is 140 Å². The van der Waals surface area contributed by atoms with Crippen molar-refractivity contribution >= 4 is 40.9 Å². The molecular weight excluding hydrogens is 325 g/mol. The molecule has 0 N–H and O–H groups in total. The molecule has 2 nitrogen and oxygen atoms in total. The third-order valence-electron chi connectivity index (χ3n) is 4.37. The smallest absolute Gasteiger partial charge is 0.236 e. The van der Waals surface area contributed by atoms with Gasteiger partial charge in [0.1, 0.15) is 0 Å². The van der Waals surface area contributed by atoms with Gasteiger partial charge in [-0.25, -0.2) is 0 Å². The first-order chi connectivity index (χ1) is 10.1. The van der Waals surface area contributed by atoms with E-state index in [0.29, 0.717) is 16.1 Å². The summed E-state index contributed by atoms with van der Waals surface area (Å²) in [4.78, 5) is 15.7. The van der Waals surface area contributed by atoms with E-state index in [1.807, 2.05) is 12.1 Å². The number of nitrogens with zero attached hydrogens (tertiary/aromatic N) is 1. The van der Waals surface area contributed by atoms with Gasteiger partial charge < -0.3 is 4.90 Å². The normalized spacial score (nSPS) is 23.8. The van der Waals surface area contributed by atoms with Crippen molar-refractivity contribution in [1.29, 1.82) is 0 Å². The third-order valence-corrected chi connectivity index (χ3v) is 6.36. The minimum atomic E-state index is 0.00519. The number of amides is 1. The number of thioether (sulfide) groups is 1. The Morgan fingerprint density at radius 1 is 1.10 bits per heavy atom. The summed E-state index contributed by atoms with van der Waals surface area (Å²) in [7, 11) is 0. The van der Waals surface area contributed by atoms with Gasteiger partial charge in [-0.3, -0.25) is 4.79 Å². The first-order valence-electron chi connectivity index (χ1n) is 7.57. The average molecular weight is 344 g/mol. The molecule has 114 valence electrons. The fourth-order valence-electron chi connectivity index (χ4n) is 3.26. The van der Waals surface area contributed by atoms with Crippen molar-refractivity contribution in [2.45, 2.75) is 54.7 Å². The molecule has 1 unspecified atom stereocenters. The van der Waals surface area contributed by atoms with E-state index < -0.39 is 0 Å². The number of carbonyl (C=O) groups excluding carboxylic acids is 1. The van der Waals surface area contributed by atoms with Crippen LogP contribution in [-0.2, 0) is 4.79 Å². The van der Waals surface area contributed by atoms with Gasteiger partial charge in [0, 0.05) is 22.5 Å². The van der Waals surface area contributed by atoms with E-state index in [2.05, 4.69) is 4.90 Å². The SMILES string of the molecule is O=C1C(Sc2ccc(Cl)cc2Cl)CCN1C1CCCCC1. The number of rotatable bonds is 3. The minimum absolute atomic E-state index is 0.00519. The fourth-order valence-corrected chi connectivity index (χ4v) is 4.89. The van der Waals surface area contributed by atoms with Gasteiger partial charge >= 0.3 is 0 Å². The second-order valence-corrected chi connectivity index (χ2v) is 7.88. The lowest BCUT2D eigenvalue weighted by atomic mass is 9.94. The highest BCUT2D eigenvalue weighted by molar-refractivity contribution is 8.00. The molecule has 1 amide bonds. The van der Waals surface area contributed by atoms with Gasteiger partial charge in [0.25, 0.3) is 0 Å². The molecule has 1 saturated heterocycles. The van der Waals surface area contributed by atoms with Crippen molar-refractivity contribution in [3.05, 3.63) is 28.2 Å². The van der Waals surface area contributed by atoms with Crippen LogP contribution >= 0.6 is 35.0 Å². The average Bonchev–Trinajstić information content (AvgIpc) is 2.84. The Hall–Kier alpha value is -0.380. The molecule has 2 aliphatic rings. The zero-order valence-electron chi connectivity index (χ0n) is 11.9. The highest BCUT2D eigenvalue weighted by Gasteiger charge is 2.36. The van der Waals surface area contributed by atoms with Crippen LogP contribution in [0.3, 0.4) is 0 Å². The van der Waals surface area contributed by atoms with Crippen LogP contribution in [0.1, 0.15) is 38.5 Å². The molecule has 0 bridgehead atoms. The first-order valence-corrected chi connectivity index (χ1v) is 9.21. The van der Waals surface area contributed by atoms with Crippen molar-refractivity contribution in [1.82, 2.24) is 4.90 Å². The highest BCUT2D eigenvalue weighted by atomic mass is 35.5. The van der Waals surface area contributed by atoms with Crippen molar-refractivity contribution in [3.63, 3.8) is 0 Å². The number of likely N-dealkylation sites (tertiary alicyclic amines) is 1. The molecule has 1 saturated carbocycles. The van der Waals surface area contributed by atoms with Gasteiger partial charge in [-0.1, -0.05) is 42.5 Å². The zero-order valence-corrected chi connectivity index (χ0v) is 14.2.